The van der Waals surface area contributed by atoms with E-state index in [2.05, 4.69) is 240 Å². The van der Waals surface area contributed by atoms with Crippen molar-refractivity contribution in [2.45, 2.75) is 0 Å². The highest BCUT2D eigenvalue weighted by molar-refractivity contribution is 6.09. The summed E-state index contributed by atoms with van der Waals surface area (Å²) in [6.07, 6.45) is 0. The van der Waals surface area contributed by atoms with Gasteiger partial charge in [-0.15, -0.1) is 0 Å². The van der Waals surface area contributed by atoms with Crippen LogP contribution in [0.2, 0.25) is 0 Å². The van der Waals surface area contributed by atoms with Crippen molar-refractivity contribution < 1.29 is 0 Å². The number of fused-ring (bicyclic) bond motifs is 3. The van der Waals surface area contributed by atoms with Crippen LogP contribution in [-0.2, 0) is 0 Å². The number of anilines is 3. The first-order chi connectivity index (χ1) is 27.8. The van der Waals surface area contributed by atoms with Gasteiger partial charge in [-0.2, -0.15) is 0 Å². The molecule has 0 radical (unpaired) electrons. The Morgan fingerprint density at radius 1 is 0.268 bits per heavy atom. The molecule has 264 valence electrons. The number of hydrogen-bond acceptors (Lipinski definition) is 1. The van der Waals surface area contributed by atoms with Crippen LogP contribution in [0.25, 0.3) is 72.0 Å². The molecule has 0 unspecified atom stereocenters. The summed E-state index contributed by atoms with van der Waals surface area (Å²) in [5.41, 5.74) is 16.3. The second-order valence-electron chi connectivity index (χ2n) is 14.1. The van der Waals surface area contributed by atoms with Crippen molar-refractivity contribution in [3.8, 4) is 50.2 Å². The van der Waals surface area contributed by atoms with Gasteiger partial charge in [0.05, 0.1) is 28.1 Å². The molecule has 56 heavy (non-hydrogen) atoms. The van der Waals surface area contributed by atoms with Crippen LogP contribution in [0.4, 0.5) is 17.1 Å². The zero-order valence-electron chi connectivity index (χ0n) is 30.8. The lowest BCUT2D eigenvalue weighted by atomic mass is 9.92. The van der Waals surface area contributed by atoms with E-state index in [1.165, 1.54) is 55.2 Å². The minimum atomic E-state index is 1.08. The van der Waals surface area contributed by atoms with Gasteiger partial charge in [-0.3, -0.25) is 0 Å². The Morgan fingerprint density at radius 2 is 0.679 bits per heavy atom. The van der Waals surface area contributed by atoms with Crippen molar-refractivity contribution in [1.29, 1.82) is 0 Å². The number of aromatic nitrogens is 1. The zero-order chi connectivity index (χ0) is 37.3. The Bertz CT molecular complexity index is 2910. The minimum Gasteiger partial charge on any atom is -0.309 e. The summed E-state index contributed by atoms with van der Waals surface area (Å²) in [5.74, 6) is 0. The lowest BCUT2D eigenvalue weighted by Gasteiger charge is -2.30. The van der Waals surface area contributed by atoms with Crippen LogP contribution >= 0.6 is 0 Å². The molecule has 0 saturated carbocycles. The summed E-state index contributed by atoms with van der Waals surface area (Å²) in [6.45, 7) is 0. The van der Waals surface area contributed by atoms with Gasteiger partial charge in [-0.1, -0.05) is 188 Å². The lowest BCUT2D eigenvalue weighted by molar-refractivity contribution is 1.18. The van der Waals surface area contributed by atoms with Crippen LogP contribution in [0, 0.1) is 0 Å². The number of para-hydroxylation sites is 5. The molecule has 2 heteroatoms. The SMILES string of the molecule is c1ccc(-c2ccccc2-c2ccccc2N(c2ccc(-c3ccccc3-n3c4ccccc4c4ccccc43)cc2)c2ccccc2-c2ccccc2)cc1. The molecule has 10 rings (SSSR count). The van der Waals surface area contributed by atoms with Crippen molar-refractivity contribution in [3.05, 3.63) is 231 Å². The number of benzene rings is 9. The normalized spacial score (nSPS) is 11.2. The summed E-state index contributed by atoms with van der Waals surface area (Å²) >= 11 is 0. The summed E-state index contributed by atoms with van der Waals surface area (Å²) in [6, 6.07) is 83.0. The molecule has 0 atom stereocenters. The monoisotopic (exact) mass is 714 g/mol. The summed E-state index contributed by atoms with van der Waals surface area (Å²) in [7, 11) is 0. The van der Waals surface area contributed by atoms with Crippen molar-refractivity contribution >= 4 is 38.9 Å². The zero-order valence-corrected chi connectivity index (χ0v) is 30.8. The van der Waals surface area contributed by atoms with Crippen LogP contribution in [0.15, 0.2) is 231 Å². The van der Waals surface area contributed by atoms with Crippen LogP contribution in [-0.4, -0.2) is 4.57 Å². The molecule has 10 aromatic rings. The lowest BCUT2D eigenvalue weighted by Crippen LogP contribution is -2.12. The van der Waals surface area contributed by atoms with Gasteiger partial charge in [0.25, 0.3) is 0 Å². The van der Waals surface area contributed by atoms with Crippen molar-refractivity contribution in [1.82, 2.24) is 4.57 Å². The highest BCUT2D eigenvalue weighted by Gasteiger charge is 2.22. The van der Waals surface area contributed by atoms with E-state index in [1.807, 2.05) is 0 Å². The molecule has 1 aromatic heterocycles. The van der Waals surface area contributed by atoms with E-state index in [0.29, 0.717) is 0 Å². The molecule has 0 amide bonds. The molecule has 0 aliphatic carbocycles. The van der Waals surface area contributed by atoms with Gasteiger partial charge in [0.2, 0.25) is 0 Å². The first-order valence-electron chi connectivity index (χ1n) is 19.2. The molecule has 0 N–H and O–H groups in total. The van der Waals surface area contributed by atoms with Gasteiger partial charge in [0, 0.05) is 33.2 Å². The van der Waals surface area contributed by atoms with Gasteiger partial charge in [-0.05, 0) is 70.3 Å². The van der Waals surface area contributed by atoms with Gasteiger partial charge in [-0.25, -0.2) is 0 Å². The number of hydrogen-bond donors (Lipinski definition) is 0. The topological polar surface area (TPSA) is 8.17 Å². The van der Waals surface area contributed by atoms with Gasteiger partial charge >= 0.3 is 0 Å². The van der Waals surface area contributed by atoms with Gasteiger partial charge in [0.1, 0.15) is 0 Å². The quantitative estimate of drug-likeness (QED) is 0.152. The first kappa shape index (κ1) is 33.2. The minimum absolute atomic E-state index is 1.08. The molecule has 0 saturated heterocycles. The molecular formula is C54H38N2. The Kier molecular flexibility index (Phi) is 8.55. The van der Waals surface area contributed by atoms with Crippen LogP contribution in [0.3, 0.4) is 0 Å². The largest absolute Gasteiger partial charge is 0.309 e. The Hall–Kier alpha value is -7.42. The number of nitrogens with zero attached hydrogens (tertiary/aromatic N) is 2. The predicted octanol–water partition coefficient (Wildman–Crippen LogP) is 14.9. The van der Waals surface area contributed by atoms with Crippen LogP contribution in [0.5, 0.6) is 0 Å². The van der Waals surface area contributed by atoms with Gasteiger partial charge in [0.15, 0.2) is 0 Å². The standard InChI is InChI=1S/C54H38N2/c1-3-19-39(20-4-1)43-23-7-8-26-46(43)47-27-11-16-32-52(47)55(50-30-14-9-24-44(50)40-21-5-2-6-22-40)42-37-35-41(36-38-42)45-25-10-15-31-51(45)56-53-33-17-12-28-48(53)49-29-13-18-34-54(49)56/h1-38H. The van der Waals surface area contributed by atoms with Crippen molar-refractivity contribution in [2.75, 3.05) is 4.90 Å². The van der Waals surface area contributed by atoms with E-state index in [1.54, 1.807) is 0 Å². The molecule has 1 heterocycles. The summed E-state index contributed by atoms with van der Waals surface area (Å²) in [4.78, 5) is 2.43. The van der Waals surface area contributed by atoms with E-state index in [-0.39, 0.29) is 0 Å². The Balaban J connectivity index is 1.16. The third kappa shape index (κ3) is 5.85. The maximum absolute atomic E-state index is 2.43. The average molecular weight is 715 g/mol. The highest BCUT2D eigenvalue weighted by Crippen LogP contribution is 2.47. The predicted molar refractivity (Wildman–Crippen MR) is 237 cm³/mol. The molecule has 0 spiro atoms. The fourth-order valence-corrected chi connectivity index (χ4v) is 8.31. The second-order valence-corrected chi connectivity index (χ2v) is 14.1. The Labute approximate surface area is 327 Å². The molecule has 0 aliphatic heterocycles. The fraction of sp³-hybridized carbons (Fsp3) is 0. The van der Waals surface area contributed by atoms with E-state index in [4.69, 9.17) is 0 Å². The summed E-state index contributed by atoms with van der Waals surface area (Å²) in [5, 5.41) is 2.52. The van der Waals surface area contributed by atoms with Gasteiger partial charge < -0.3 is 9.47 Å². The van der Waals surface area contributed by atoms with E-state index >= 15 is 0 Å². The molecule has 2 nitrogen and oxygen atoms in total. The van der Waals surface area contributed by atoms with Crippen molar-refractivity contribution in [3.63, 3.8) is 0 Å². The first-order valence-corrected chi connectivity index (χ1v) is 19.2. The second kappa shape index (κ2) is 14.4. The van der Waals surface area contributed by atoms with Crippen molar-refractivity contribution in [2.24, 2.45) is 0 Å². The smallest absolute Gasteiger partial charge is 0.0541 e. The average Bonchev–Trinajstić information content (AvgIpc) is 3.62. The van der Waals surface area contributed by atoms with Crippen LogP contribution < -0.4 is 4.90 Å². The van der Waals surface area contributed by atoms with E-state index < -0.39 is 0 Å². The third-order valence-electron chi connectivity index (χ3n) is 10.8. The molecule has 9 aromatic carbocycles. The summed E-state index contributed by atoms with van der Waals surface area (Å²) < 4.78 is 2.41. The van der Waals surface area contributed by atoms with E-state index in [0.717, 1.165) is 33.9 Å². The highest BCUT2D eigenvalue weighted by atomic mass is 15.1. The fourth-order valence-electron chi connectivity index (χ4n) is 8.31. The Morgan fingerprint density at radius 3 is 1.30 bits per heavy atom. The maximum atomic E-state index is 2.43. The molecule has 0 bridgehead atoms. The van der Waals surface area contributed by atoms with Crippen LogP contribution in [0.1, 0.15) is 0 Å². The number of rotatable bonds is 8. The molecule has 0 aliphatic rings. The molecule has 0 fully saturated rings. The molecular weight excluding hydrogens is 677 g/mol. The van der Waals surface area contributed by atoms with E-state index in [9.17, 15) is 0 Å². The third-order valence-corrected chi connectivity index (χ3v) is 10.8. The maximum Gasteiger partial charge on any atom is 0.0541 e.